The highest BCUT2D eigenvalue weighted by molar-refractivity contribution is 7.99. The number of hydrogen-bond acceptors (Lipinski definition) is 3. The average Bonchev–Trinajstić information content (AvgIpc) is 2.36. The molecular weight excluding hydrogens is 268 g/mol. The van der Waals surface area contributed by atoms with Gasteiger partial charge in [0.15, 0.2) is 0 Å². The maximum atomic E-state index is 11.9. The van der Waals surface area contributed by atoms with Crippen LogP contribution in [-0.4, -0.2) is 41.9 Å². The van der Waals surface area contributed by atoms with Gasteiger partial charge in [0.2, 0.25) is 5.91 Å². The van der Waals surface area contributed by atoms with Crippen LogP contribution in [-0.2, 0) is 4.79 Å². The molecule has 3 nitrogen and oxygen atoms in total. The molecule has 0 bridgehead atoms. The molecule has 0 radical (unpaired) electrons. The van der Waals surface area contributed by atoms with Crippen molar-refractivity contribution >= 4 is 35.0 Å². The fourth-order valence-electron chi connectivity index (χ4n) is 1.89. The number of amides is 1. The first-order valence-corrected chi connectivity index (χ1v) is 7.55. The van der Waals surface area contributed by atoms with Crippen LogP contribution in [0.5, 0.6) is 0 Å². The van der Waals surface area contributed by atoms with Gasteiger partial charge in [-0.25, -0.2) is 0 Å². The van der Waals surface area contributed by atoms with Gasteiger partial charge in [-0.2, -0.15) is 11.8 Å². The minimum atomic E-state index is 0.0345. The van der Waals surface area contributed by atoms with E-state index >= 15 is 0 Å². The molecule has 18 heavy (non-hydrogen) atoms. The second-order valence-corrected chi connectivity index (χ2v) is 5.98. The lowest BCUT2D eigenvalue weighted by atomic mass is 10.2. The Morgan fingerprint density at radius 1 is 1.44 bits per heavy atom. The summed E-state index contributed by atoms with van der Waals surface area (Å²) in [5.41, 5.74) is 1.72. The number of rotatable bonds is 3. The second-order valence-electron chi connectivity index (χ2n) is 4.35. The number of anilines is 1. The first-order valence-electron chi connectivity index (χ1n) is 6.02. The number of benzene rings is 1. The maximum absolute atomic E-state index is 11.9. The molecule has 0 aromatic heterocycles. The highest BCUT2D eigenvalue weighted by Gasteiger charge is 2.14. The van der Waals surface area contributed by atoms with Crippen LogP contribution in [0.1, 0.15) is 5.56 Å². The van der Waals surface area contributed by atoms with Crippen LogP contribution in [0.15, 0.2) is 18.2 Å². The summed E-state index contributed by atoms with van der Waals surface area (Å²) < 4.78 is 0. The molecule has 0 spiro atoms. The number of hydrogen-bond donors (Lipinski definition) is 1. The monoisotopic (exact) mass is 284 g/mol. The van der Waals surface area contributed by atoms with Crippen molar-refractivity contribution in [2.24, 2.45) is 0 Å². The third kappa shape index (κ3) is 3.64. The lowest BCUT2D eigenvalue weighted by molar-refractivity contribution is -0.117. The Balaban J connectivity index is 1.92. The van der Waals surface area contributed by atoms with Crippen LogP contribution in [0, 0.1) is 6.92 Å². The Bertz CT molecular complexity index is 433. The van der Waals surface area contributed by atoms with Crippen molar-refractivity contribution in [3.05, 3.63) is 28.8 Å². The molecule has 0 atom stereocenters. The SMILES string of the molecule is Cc1c(Cl)cccc1NC(=O)CN1CCSCC1. The minimum absolute atomic E-state index is 0.0345. The van der Waals surface area contributed by atoms with Crippen molar-refractivity contribution in [2.75, 3.05) is 36.5 Å². The lowest BCUT2D eigenvalue weighted by Gasteiger charge is -2.25. The Morgan fingerprint density at radius 3 is 2.89 bits per heavy atom. The molecule has 1 amide bonds. The first kappa shape index (κ1) is 13.7. The normalized spacial score (nSPS) is 16.6. The Kier molecular flexibility index (Phi) is 4.92. The lowest BCUT2D eigenvalue weighted by Crippen LogP contribution is -2.38. The number of halogens is 1. The summed E-state index contributed by atoms with van der Waals surface area (Å²) in [5.74, 6) is 2.26. The van der Waals surface area contributed by atoms with Crippen LogP contribution < -0.4 is 5.32 Å². The van der Waals surface area contributed by atoms with E-state index in [9.17, 15) is 4.79 Å². The smallest absolute Gasteiger partial charge is 0.238 e. The Morgan fingerprint density at radius 2 is 2.17 bits per heavy atom. The van der Waals surface area contributed by atoms with Gasteiger partial charge in [-0.05, 0) is 24.6 Å². The van der Waals surface area contributed by atoms with Gasteiger partial charge in [0, 0.05) is 35.3 Å². The molecule has 1 aliphatic heterocycles. The van der Waals surface area contributed by atoms with E-state index in [1.165, 1.54) is 0 Å². The van der Waals surface area contributed by atoms with Crippen LogP contribution in [0.3, 0.4) is 0 Å². The average molecular weight is 285 g/mol. The van der Waals surface area contributed by atoms with Crippen molar-refractivity contribution in [1.29, 1.82) is 0 Å². The molecular formula is C13H17ClN2OS. The molecule has 0 aliphatic carbocycles. The van der Waals surface area contributed by atoms with E-state index in [-0.39, 0.29) is 5.91 Å². The predicted molar refractivity (Wildman–Crippen MR) is 78.6 cm³/mol. The number of thioether (sulfide) groups is 1. The van der Waals surface area contributed by atoms with Gasteiger partial charge in [-0.1, -0.05) is 17.7 Å². The molecule has 1 heterocycles. The van der Waals surface area contributed by atoms with Crippen LogP contribution >= 0.6 is 23.4 Å². The van der Waals surface area contributed by atoms with E-state index in [0.717, 1.165) is 35.8 Å². The molecule has 2 rings (SSSR count). The highest BCUT2D eigenvalue weighted by atomic mass is 35.5. The molecule has 1 saturated heterocycles. The van der Waals surface area contributed by atoms with Gasteiger partial charge in [-0.15, -0.1) is 0 Å². The Hall–Kier alpha value is -0.710. The quantitative estimate of drug-likeness (QED) is 0.926. The topological polar surface area (TPSA) is 32.3 Å². The van der Waals surface area contributed by atoms with E-state index in [1.54, 1.807) is 0 Å². The largest absolute Gasteiger partial charge is 0.325 e. The van der Waals surface area contributed by atoms with Gasteiger partial charge < -0.3 is 5.32 Å². The van der Waals surface area contributed by atoms with E-state index in [4.69, 9.17) is 11.6 Å². The predicted octanol–water partition coefficient (Wildman–Crippen LogP) is 2.64. The molecule has 0 unspecified atom stereocenters. The fraction of sp³-hybridized carbons (Fsp3) is 0.462. The zero-order valence-corrected chi connectivity index (χ0v) is 12.0. The fourth-order valence-corrected chi connectivity index (χ4v) is 3.05. The summed E-state index contributed by atoms with van der Waals surface area (Å²) in [7, 11) is 0. The van der Waals surface area contributed by atoms with Gasteiger partial charge in [-0.3, -0.25) is 9.69 Å². The third-order valence-electron chi connectivity index (χ3n) is 3.01. The van der Waals surface area contributed by atoms with Crippen molar-refractivity contribution < 1.29 is 4.79 Å². The molecule has 1 fully saturated rings. The number of nitrogens with zero attached hydrogens (tertiary/aromatic N) is 1. The molecule has 1 aromatic rings. The van der Waals surface area contributed by atoms with Crippen molar-refractivity contribution in [1.82, 2.24) is 4.90 Å². The van der Waals surface area contributed by atoms with Gasteiger partial charge >= 0.3 is 0 Å². The summed E-state index contributed by atoms with van der Waals surface area (Å²) in [6, 6.07) is 5.56. The van der Waals surface area contributed by atoms with Crippen molar-refractivity contribution in [3.63, 3.8) is 0 Å². The summed E-state index contributed by atoms with van der Waals surface area (Å²) in [6.45, 7) is 4.36. The van der Waals surface area contributed by atoms with Crippen molar-refractivity contribution in [2.45, 2.75) is 6.92 Å². The summed E-state index contributed by atoms with van der Waals surface area (Å²) >= 11 is 7.97. The van der Waals surface area contributed by atoms with E-state index in [0.29, 0.717) is 11.6 Å². The first-order chi connectivity index (χ1) is 8.66. The molecule has 98 valence electrons. The van der Waals surface area contributed by atoms with E-state index in [1.807, 2.05) is 36.9 Å². The number of carbonyl (C=O) groups is 1. The van der Waals surface area contributed by atoms with Crippen LogP contribution in [0.25, 0.3) is 0 Å². The zero-order chi connectivity index (χ0) is 13.0. The van der Waals surface area contributed by atoms with Gasteiger partial charge in [0.25, 0.3) is 0 Å². The molecule has 1 aromatic carbocycles. The molecule has 1 N–H and O–H groups in total. The third-order valence-corrected chi connectivity index (χ3v) is 4.36. The number of carbonyl (C=O) groups excluding carboxylic acids is 1. The zero-order valence-electron chi connectivity index (χ0n) is 10.4. The summed E-state index contributed by atoms with van der Waals surface area (Å²) in [6.07, 6.45) is 0. The second kappa shape index (κ2) is 6.45. The standard InChI is InChI=1S/C13H17ClN2OS/c1-10-11(14)3-2-4-12(10)15-13(17)9-16-5-7-18-8-6-16/h2-4H,5-9H2,1H3,(H,15,17). The molecule has 1 aliphatic rings. The highest BCUT2D eigenvalue weighted by Crippen LogP contribution is 2.22. The summed E-state index contributed by atoms with van der Waals surface area (Å²) in [5, 5.41) is 3.61. The van der Waals surface area contributed by atoms with Gasteiger partial charge in [0.05, 0.1) is 6.54 Å². The minimum Gasteiger partial charge on any atom is -0.325 e. The molecule has 0 saturated carbocycles. The Labute approximate surface area is 117 Å². The van der Waals surface area contributed by atoms with E-state index < -0.39 is 0 Å². The number of nitrogens with one attached hydrogen (secondary N) is 1. The van der Waals surface area contributed by atoms with Crippen LogP contribution in [0.4, 0.5) is 5.69 Å². The van der Waals surface area contributed by atoms with Crippen LogP contribution in [0.2, 0.25) is 5.02 Å². The maximum Gasteiger partial charge on any atom is 0.238 e. The summed E-state index contributed by atoms with van der Waals surface area (Å²) in [4.78, 5) is 14.1. The van der Waals surface area contributed by atoms with Gasteiger partial charge in [0.1, 0.15) is 0 Å². The van der Waals surface area contributed by atoms with Crippen molar-refractivity contribution in [3.8, 4) is 0 Å². The molecule has 5 heteroatoms. The van der Waals surface area contributed by atoms with E-state index in [2.05, 4.69) is 10.2 Å².